The standard InChI is InChI=1S/C18H24N2O3/c1-19-15-9-4-3-8-14(15)16(23-2)12-20(11-10-17(19)21)18(22)13-6-5-7-13/h3-4,8-9,13,16H,5-7,10-12H2,1-2H3. The Balaban J connectivity index is 1.92. The monoisotopic (exact) mass is 316 g/mol. The van der Waals surface area contributed by atoms with Gasteiger partial charge in [0.1, 0.15) is 6.10 Å². The topological polar surface area (TPSA) is 49.9 Å². The van der Waals surface area contributed by atoms with Crippen LogP contribution >= 0.6 is 0 Å². The molecule has 2 aliphatic rings. The van der Waals surface area contributed by atoms with E-state index in [9.17, 15) is 9.59 Å². The molecule has 0 N–H and O–H groups in total. The zero-order valence-electron chi connectivity index (χ0n) is 13.8. The summed E-state index contributed by atoms with van der Waals surface area (Å²) in [7, 11) is 3.45. The van der Waals surface area contributed by atoms with Crippen molar-refractivity contribution < 1.29 is 14.3 Å². The van der Waals surface area contributed by atoms with Gasteiger partial charge in [-0.1, -0.05) is 24.6 Å². The second kappa shape index (κ2) is 6.71. The number of amides is 2. The van der Waals surface area contributed by atoms with Crippen LogP contribution in [-0.2, 0) is 14.3 Å². The molecule has 3 rings (SSSR count). The van der Waals surface area contributed by atoms with Gasteiger partial charge in [-0.05, 0) is 18.9 Å². The Morgan fingerprint density at radius 3 is 2.65 bits per heavy atom. The van der Waals surface area contributed by atoms with Gasteiger partial charge in [0, 0.05) is 44.3 Å². The summed E-state index contributed by atoms with van der Waals surface area (Å²) in [5.74, 6) is 0.338. The molecule has 0 bridgehead atoms. The number of benzene rings is 1. The second-order valence-corrected chi connectivity index (χ2v) is 6.40. The van der Waals surface area contributed by atoms with Crippen LogP contribution in [0.3, 0.4) is 0 Å². The smallest absolute Gasteiger partial charge is 0.228 e. The molecule has 1 aliphatic carbocycles. The molecular weight excluding hydrogens is 292 g/mol. The summed E-state index contributed by atoms with van der Waals surface area (Å²) in [5.41, 5.74) is 1.82. The Morgan fingerprint density at radius 2 is 2.00 bits per heavy atom. The normalized spacial score (nSPS) is 22.7. The van der Waals surface area contributed by atoms with Crippen LogP contribution in [0.2, 0.25) is 0 Å². The van der Waals surface area contributed by atoms with Gasteiger partial charge in [0.15, 0.2) is 0 Å². The number of fused-ring (bicyclic) bond motifs is 1. The lowest BCUT2D eigenvalue weighted by molar-refractivity contribution is -0.140. The summed E-state index contributed by atoms with van der Waals surface area (Å²) in [6.07, 6.45) is 3.19. The third-order valence-electron chi connectivity index (χ3n) is 5.05. The van der Waals surface area contributed by atoms with Gasteiger partial charge in [0.2, 0.25) is 11.8 Å². The van der Waals surface area contributed by atoms with Crippen molar-refractivity contribution in [2.45, 2.75) is 31.8 Å². The number of para-hydroxylation sites is 1. The minimum atomic E-state index is -0.219. The number of carbonyl (C=O) groups is 2. The van der Waals surface area contributed by atoms with Crippen LogP contribution in [0.15, 0.2) is 24.3 Å². The Labute approximate surface area is 137 Å². The lowest BCUT2D eigenvalue weighted by atomic mass is 9.84. The Kier molecular flexibility index (Phi) is 4.66. The van der Waals surface area contributed by atoms with Crippen LogP contribution < -0.4 is 4.90 Å². The maximum Gasteiger partial charge on any atom is 0.228 e. The van der Waals surface area contributed by atoms with Crippen LogP contribution in [0, 0.1) is 5.92 Å². The maximum atomic E-state index is 12.7. The molecule has 1 aromatic carbocycles. The van der Waals surface area contributed by atoms with Gasteiger partial charge in [-0.15, -0.1) is 0 Å². The van der Waals surface area contributed by atoms with Gasteiger partial charge < -0.3 is 14.5 Å². The van der Waals surface area contributed by atoms with Crippen LogP contribution in [0.1, 0.15) is 37.4 Å². The summed E-state index contributed by atoms with van der Waals surface area (Å²) in [6.45, 7) is 0.969. The summed E-state index contributed by atoms with van der Waals surface area (Å²) in [5, 5.41) is 0. The summed E-state index contributed by atoms with van der Waals surface area (Å²) in [6, 6.07) is 7.77. The predicted octanol–water partition coefficient (Wildman–Crippen LogP) is 2.37. The van der Waals surface area contributed by atoms with Gasteiger partial charge in [-0.25, -0.2) is 0 Å². The molecule has 0 spiro atoms. The lowest BCUT2D eigenvalue weighted by Crippen LogP contribution is -2.42. The fraction of sp³-hybridized carbons (Fsp3) is 0.556. The number of methoxy groups -OCH3 is 1. The highest BCUT2D eigenvalue weighted by atomic mass is 16.5. The highest BCUT2D eigenvalue weighted by Gasteiger charge is 2.33. The van der Waals surface area contributed by atoms with Crippen molar-refractivity contribution in [2.75, 3.05) is 32.1 Å². The van der Waals surface area contributed by atoms with Gasteiger partial charge in [-0.3, -0.25) is 9.59 Å². The van der Waals surface area contributed by atoms with E-state index in [0.717, 1.165) is 30.5 Å². The van der Waals surface area contributed by atoms with Crippen molar-refractivity contribution in [1.29, 1.82) is 0 Å². The van der Waals surface area contributed by atoms with E-state index >= 15 is 0 Å². The first-order valence-electron chi connectivity index (χ1n) is 8.29. The number of hydrogen-bond acceptors (Lipinski definition) is 3. The van der Waals surface area contributed by atoms with Gasteiger partial charge in [0.25, 0.3) is 0 Å². The molecule has 2 amide bonds. The SMILES string of the molecule is COC1CN(C(=O)C2CCC2)CCC(=O)N(C)c2ccccc21. The first kappa shape index (κ1) is 16.0. The third kappa shape index (κ3) is 3.11. The molecule has 5 nitrogen and oxygen atoms in total. The molecule has 5 heteroatoms. The summed E-state index contributed by atoms with van der Waals surface area (Å²) < 4.78 is 5.67. The van der Waals surface area contributed by atoms with Gasteiger partial charge in [-0.2, -0.15) is 0 Å². The van der Waals surface area contributed by atoms with Crippen LogP contribution in [0.5, 0.6) is 0 Å². The van der Waals surface area contributed by atoms with E-state index in [0.29, 0.717) is 19.5 Å². The molecule has 0 aromatic heterocycles. The third-order valence-corrected chi connectivity index (χ3v) is 5.05. The molecule has 23 heavy (non-hydrogen) atoms. The summed E-state index contributed by atoms with van der Waals surface area (Å²) >= 11 is 0. The fourth-order valence-corrected chi connectivity index (χ4v) is 3.30. The number of hydrogen-bond donors (Lipinski definition) is 0. The number of nitrogens with zero attached hydrogens (tertiary/aromatic N) is 2. The lowest BCUT2D eigenvalue weighted by Gasteiger charge is -2.33. The zero-order valence-corrected chi connectivity index (χ0v) is 13.8. The zero-order chi connectivity index (χ0) is 16.4. The molecular formula is C18H24N2O3. The molecule has 1 saturated carbocycles. The van der Waals surface area contributed by atoms with E-state index in [1.165, 1.54) is 0 Å². The summed E-state index contributed by atoms with van der Waals surface area (Å²) in [4.78, 5) is 28.6. The van der Waals surface area contributed by atoms with Crippen LogP contribution in [0.25, 0.3) is 0 Å². The first-order valence-corrected chi connectivity index (χ1v) is 8.29. The molecule has 1 fully saturated rings. The number of anilines is 1. The van der Waals surface area contributed by atoms with E-state index in [-0.39, 0.29) is 23.8 Å². The molecule has 0 saturated heterocycles. The van der Waals surface area contributed by atoms with Crippen molar-refractivity contribution in [3.8, 4) is 0 Å². The van der Waals surface area contributed by atoms with E-state index in [1.54, 1.807) is 19.1 Å². The van der Waals surface area contributed by atoms with Crippen molar-refractivity contribution in [3.63, 3.8) is 0 Å². The van der Waals surface area contributed by atoms with E-state index in [4.69, 9.17) is 4.74 Å². The second-order valence-electron chi connectivity index (χ2n) is 6.40. The van der Waals surface area contributed by atoms with E-state index in [2.05, 4.69) is 0 Å². The molecule has 1 unspecified atom stereocenters. The number of carbonyl (C=O) groups excluding carboxylic acids is 2. The quantitative estimate of drug-likeness (QED) is 0.841. The van der Waals surface area contributed by atoms with E-state index < -0.39 is 0 Å². The minimum Gasteiger partial charge on any atom is -0.375 e. The number of rotatable bonds is 2. The van der Waals surface area contributed by atoms with Gasteiger partial charge >= 0.3 is 0 Å². The Bertz CT molecular complexity index is 598. The fourth-order valence-electron chi connectivity index (χ4n) is 3.30. The molecule has 1 atom stereocenters. The Hall–Kier alpha value is -1.88. The molecule has 1 aromatic rings. The average Bonchev–Trinajstić information content (AvgIpc) is 2.56. The molecule has 1 aliphatic heterocycles. The van der Waals surface area contributed by atoms with Gasteiger partial charge in [0.05, 0.1) is 6.54 Å². The van der Waals surface area contributed by atoms with E-state index in [1.807, 2.05) is 29.2 Å². The highest BCUT2D eigenvalue weighted by molar-refractivity contribution is 5.94. The van der Waals surface area contributed by atoms with Crippen molar-refractivity contribution in [1.82, 2.24) is 4.90 Å². The molecule has 0 radical (unpaired) electrons. The Morgan fingerprint density at radius 1 is 1.26 bits per heavy atom. The van der Waals surface area contributed by atoms with Crippen molar-refractivity contribution in [2.24, 2.45) is 5.92 Å². The average molecular weight is 316 g/mol. The van der Waals surface area contributed by atoms with Crippen LogP contribution in [-0.4, -0.2) is 44.0 Å². The largest absolute Gasteiger partial charge is 0.375 e. The molecule has 124 valence electrons. The molecule has 1 heterocycles. The van der Waals surface area contributed by atoms with Crippen LogP contribution in [0.4, 0.5) is 5.69 Å². The minimum absolute atomic E-state index is 0.0283. The van der Waals surface area contributed by atoms with Crippen molar-refractivity contribution >= 4 is 17.5 Å². The first-order chi connectivity index (χ1) is 11.1. The van der Waals surface area contributed by atoms with Crippen molar-refractivity contribution in [3.05, 3.63) is 29.8 Å². The number of ether oxygens (including phenoxy) is 1. The predicted molar refractivity (Wildman–Crippen MR) is 88.1 cm³/mol. The highest BCUT2D eigenvalue weighted by Crippen LogP contribution is 2.33. The maximum absolute atomic E-state index is 12.7.